The van der Waals surface area contributed by atoms with E-state index < -0.39 is 12.0 Å². The zero-order valence-corrected chi connectivity index (χ0v) is 9.72. The average molecular weight is 239 g/mol. The molecule has 0 radical (unpaired) electrons. The molecule has 1 aromatic carbocycles. The SMILES string of the molecule is CC(=O)N(c1ccccc1)C(CS)C(=O)O. The monoisotopic (exact) mass is 239 g/mol. The summed E-state index contributed by atoms with van der Waals surface area (Å²) in [7, 11) is 0. The fraction of sp³-hybridized carbons (Fsp3) is 0.273. The molecule has 16 heavy (non-hydrogen) atoms. The lowest BCUT2D eigenvalue weighted by Gasteiger charge is -2.26. The van der Waals surface area contributed by atoms with E-state index >= 15 is 0 Å². The molecule has 1 aromatic rings. The highest BCUT2D eigenvalue weighted by Gasteiger charge is 2.27. The molecule has 0 aliphatic rings. The van der Waals surface area contributed by atoms with E-state index in [1.807, 2.05) is 0 Å². The van der Waals surface area contributed by atoms with Gasteiger partial charge in [0.15, 0.2) is 0 Å². The van der Waals surface area contributed by atoms with Gasteiger partial charge in [0.25, 0.3) is 0 Å². The van der Waals surface area contributed by atoms with E-state index in [2.05, 4.69) is 12.6 Å². The van der Waals surface area contributed by atoms with Crippen LogP contribution in [0.1, 0.15) is 6.92 Å². The number of carboxylic acid groups (broad SMARTS) is 1. The van der Waals surface area contributed by atoms with Crippen LogP contribution in [0.2, 0.25) is 0 Å². The normalized spacial score (nSPS) is 11.9. The average Bonchev–Trinajstić information content (AvgIpc) is 2.25. The minimum atomic E-state index is -1.06. The van der Waals surface area contributed by atoms with Gasteiger partial charge in [-0.1, -0.05) is 18.2 Å². The fourth-order valence-electron chi connectivity index (χ4n) is 1.44. The van der Waals surface area contributed by atoms with E-state index in [4.69, 9.17) is 5.11 Å². The number of rotatable bonds is 4. The number of carbonyl (C=O) groups is 2. The first-order chi connectivity index (χ1) is 7.57. The van der Waals surface area contributed by atoms with E-state index in [1.165, 1.54) is 11.8 Å². The van der Waals surface area contributed by atoms with E-state index in [-0.39, 0.29) is 11.7 Å². The van der Waals surface area contributed by atoms with Crippen molar-refractivity contribution < 1.29 is 14.7 Å². The standard InChI is InChI=1S/C11H13NO3S/c1-8(13)12(10(7-16)11(14)15)9-5-3-2-4-6-9/h2-6,10,16H,7H2,1H3,(H,14,15). The summed E-state index contributed by atoms with van der Waals surface area (Å²) < 4.78 is 0. The first-order valence-electron chi connectivity index (χ1n) is 4.76. The number of hydrogen-bond donors (Lipinski definition) is 2. The highest BCUT2D eigenvalue weighted by atomic mass is 32.1. The topological polar surface area (TPSA) is 57.6 Å². The van der Waals surface area contributed by atoms with Gasteiger partial charge in [0.05, 0.1) is 0 Å². The van der Waals surface area contributed by atoms with Gasteiger partial charge in [-0.2, -0.15) is 12.6 Å². The molecule has 1 rings (SSSR count). The summed E-state index contributed by atoms with van der Waals surface area (Å²) in [6, 6.07) is 7.76. The fourth-order valence-corrected chi connectivity index (χ4v) is 1.76. The number of carbonyl (C=O) groups excluding carboxylic acids is 1. The zero-order valence-electron chi connectivity index (χ0n) is 8.83. The predicted octanol–water partition coefficient (Wildman–Crippen LogP) is 1.42. The highest BCUT2D eigenvalue weighted by Crippen LogP contribution is 2.17. The maximum atomic E-state index is 11.5. The Kier molecular flexibility index (Phi) is 4.37. The Hall–Kier alpha value is -1.49. The van der Waals surface area contributed by atoms with Crippen LogP contribution in [0.4, 0.5) is 5.69 Å². The molecule has 0 saturated carbocycles. The molecule has 0 bridgehead atoms. The Morgan fingerprint density at radius 1 is 1.38 bits per heavy atom. The molecular weight excluding hydrogens is 226 g/mol. The Bertz CT molecular complexity index is 380. The number of benzene rings is 1. The summed E-state index contributed by atoms with van der Waals surface area (Å²) in [5, 5.41) is 9.01. The van der Waals surface area contributed by atoms with Crippen molar-refractivity contribution in [3.8, 4) is 0 Å². The summed E-state index contributed by atoms with van der Waals surface area (Å²) in [4.78, 5) is 23.7. The number of amides is 1. The third-order valence-corrected chi connectivity index (χ3v) is 2.49. The smallest absolute Gasteiger partial charge is 0.327 e. The number of hydrogen-bond acceptors (Lipinski definition) is 3. The second-order valence-electron chi connectivity index (χ2n) is 3.26. The summed E-state index contributed by atoms with van der Waals surface area (Å²) in [5.74, 6) is -1.30. The number of anilines is 1. The second-order valence-corrected chi connectivity index (χ2v) is 3.63. The molecule has 0 heterocycles. The van der Waals surface area contributed by atoms with Gasteiger partial charge in [-0.25, -0.2) is 4.79 Å². The van der Waals surface area contributed by atoms with E-state index in [9.17, 15) is 9.59 Å². The van der Waals surface area contributed by atoms with E-state index in [1.54, 1.807) is 30.3 Å². The van der Waals surface area contributed by atoms with Crippen LogP contribution in [0, 0.1) is 0 Å². The van der Waals surface area contributed by atoms with Crippen molar-refractivity contribution >= 4 is 30.2 Å². The molecule has 0 aromatic heterocycles. The highest BCUT2D eigenvalue weighted by molar-refractivity contribution is 7.80. The van der Waals surface area contributed by atoms with Crippen LogP contribution >= 0.6 is 12.6 Å². The lowest BCUT2D eigenvalue weighted by molar-refractivity contribution is -0.139. The summed E-state index contributed by atoms with van der Waals surface area (Å²) in [6.45, 7) is 1.34. The second kappa shape index (κ2) is 5.55. The largest absolute Gasteiger partial charge is 0.480 e. The van der Waals surface area contributed by atoms with Gasteiger partial charge in [0.2, 0.25) is 5.91 Å². The Balaban J connectivity index is 3.09. The van der Waals surface area contributed by atoms with Crippen molar-refractivity contribution in [2.45, 2.75) is 13.0 Å². The van der Waals surface area contributed by atoms with Crippen molar-refractivity contribution in [3.05, 3.63) is 30.3 Å². The van der Waals surface area contributed by atoms with Crippen molar-refractivity contribution in [3.63, 3.8) is 0 Å². The van der Waals surface area contributed by atoms with E-state index in [0.717, 1.165) is 0 Å². The van der Waals surface area contributed by atoms with Crippen molar-refractivity contribution in [1.82, 2.24) is 0 Å². The molecule has 1 unspecified atom stereocenters. The van der Waals surface area contributed by atoms with Crippen molar-refractivity contribution in [1.29, 1.82) is 0 Å². The first kappa shape index (κ1) is 12.6. The molecule has 1 atom stereocenters. The minimum Gasteiger partial charge on any atom is -0.480 e. The maximum absolute atomic E-state index is 11.5. The van der Waals surface area contributed by atoms with E-state index in [0.29, 0.717) is 5.69 Å². The van der Waals surface area contributed by atoms with Crippen LogP contribution in [-0.2, 0) is 9.59 Å². The van der Waals surface area contributed by atoms with Crippen LogP contribution in [0.15, 0.2) is 30.3 Å². The molecule has 0 saturated heterocycles. The van der Waals surface area contributed by atoms with Gasteiger partial charge in [0.1, 0.15) is 6.04 Å². The molecule has 86 valence electrons. The summed E-state index contributed by atoms with van der Waals surface area (Å²) in [6.07, 6.45) is 0. The minimum absolute atomic E-state index is 0.0732. The van der Waals surface area contributed by atoms with Crippen LogP contribution in [0.25, 0.3) is 0 Å². The Morgan fingerprint density at radius 3 is 2.31 bits per heavy atom. The number of thiol groups is 1. The van der Waals surface area contributed by atoms with Crippen molar-refractivity contribution in [2.75, 3.05) is 10.7 Å². The third-order valence-electron chi connectivity index (χ3n) is 2.14. The van der Waals surface area contributed by atoms with Crippen LogP contribution < -0.4 is 4.90 Å². The molecule has 4 nitrogen and oxygen atoms in total. The van der Waals surface area contributed by atoms with Gasteiger partial charge in [-0.3, -0.25) is 9.69 Å². The molecule has 5 heteroatoms. The summed E-state index contributed by atoms with van der Waals surface area (Å²) in [5.41, 5.74) is 0.566. The number of carboxylic acids is 1. The van der Waals surface area contributed by atoms with Gasteiger partial charge in [-0.05, 0) is 12.1 Å². The quantitative estimate of drug-likeness (QED) is 0.781. The summed E-state index contributed by atoms with van der Waals surface area (Å²) >= 11 is 3.96. The predicted molar refractivity (Wildman–Crippen MR) is 64.9 cm³/mol. The molecule has 0 aliphatic heterocycles. The molecular formula is C11H13NO3S. The van der Waals surface area contributed by atoms with Gasteiger partial charge in [0, 0.05) is 18.4 Å². The lowest BCUT2D eigenvalue weighted by Crippen LogP contribution is -2.45. The molecule has 0 aliphatic carbocycles. The maximum Gasteiger partial charge on any atom is 0.327 e. The molecule has 0 fully saturated rings. The number of nitrogens with zero attached hydrogens (tertiary/aromatic N) is 1. The first-order valence-corrected chi connectivity index (χ1v) is 5.39. The Labute approximate surface area is 99.3 Å². The number of para-hydroxylation sites is 1. The van der Waals surface area contributed by atoms with Gasteiger partial charge >= 0.3 is 5.97 Å². The third kappa shape index (κ3) is 2.76. The van der Waals surface area contributed by atoms with Gasteiger partial charge < -0.3 is 5.11 Å². The molecule has 0 spiro atoms. The zero-order chi connectivity index (χ0) is 12.1. The number of aliphatic carboxylic acids is 1. The Morgan fingerprint density at radius 2 is 1.94 bits per heavy atom. The van der Waals surface area contributed by atoms with Crippen LogP contribution in [0.5, 0.6) is 0 Å². The lowest BCUT2D eigenvalue weighted by atomic mass is 10.2. The van der Waals surface area contributed by atoms with Gasteiger partial charge in [-0.15, -0.1) is 0 Å². The van der Waals surface area contributed by atoms with Crippen molar-refractivity contribution in [2.24, 2.45) is 0 Å². The van der Waals surface area contributed by atoms with Crippen LogP contribution in [-0.4, -0.2) is 28.8 Å². The molecule has 1 N–H and O–H groups in total. The van der Waals surface area contributed by atoms with Crippen LogP contribution in [0.3, 0.4) is 0 Å². The molecule has 1 amide bonds.